The lowest BCUT2D eigenvalue weighted by Crippen LogP contribution is -2.35. The molecule has 1 aliphatic heterocycles. The molecule has 0 aliphatic carbocycles. The molecule has 24 heavy (non-hydrogen) atoms. The minimum atomic E-state index is -0.0945. The highest BCUT2D eigenvalue weighted by molar-refractivity contribution is 5.47. The number of hydrogen-bond donors (Lipinski definition) is 1. The minimum Gasteiger partial charge on any atom is -0.465 e. The van der Waals surface area contributed by atoms with Crippen LogP contribution < -0.4 is 5.56 Å². The number of aryl methyl sites for hydroxylation is 2. The Kier molecular flexibility index (Phi) is 3.61. The van der Waals surface area contributed by atoms with Gasteiger partial charge in [0.25, 0.3) is 5.56 Å². The van der Waals surface area contributed by atoms with Crippen molar-refractivity contribution < 1.29 is 8.83 Å². The van der Waals surface area contributed by atoms with Crippen LogP contribution in [-0.4, -0.2) is 21.4 Å². The van der Waals surface area contributed by atoms with Crippen molar-refractivity contribution in [3.8, 4) is 11.6 Å². The van der Waals surface area contributed by atoms with Gasteiger partial charge in [-0.1, -0.05) is 0 Å². The first-order chi connectivity index (χ1) is 11.6. The van der Waals surface area contributed by atoms with Gasteiger partial charge in [-0.25, -0.2) is 4.98 Å². The molecule has 0 spiro atoms. The van der Waals surface area contributed by atoms with Crippen molar-refractivity contribution in [1.82, 2.24) is 14.9 Å². The van der Waals surface area contributed by atoms with E-state index in [-0.39, 0.29) is 5.56 Å². The van der Waals surface area contributed by atoms with Crippen molar-refractivity contribution in [1.29, 1.82) is 0 Å². The smallest absolute Gasteiger partial charge is 0.256 e. The molecule has 1 aliphatic rings. The summed E-state index contributed by atoms with van der Waals surface area (Å²) in [6.07, 6.45) is 2.31. The van der Waals surface area contributed by atoms with Gasteiger partial charge in [-0.15, -0.1) is 0 Å². The SMILES string of the molecule is Cc1cc(CN2CCc3nc(-c4ccco4)[nH]c(=O)c3C2)oc1C. The Morgan fingerprint density at radius 2 is 2.25 bits per heavy atom. The average molecular weight is 325 g/mol. The topological polar surface area (TPSA) is 75.3 Å². The number of aromatic nitrogens is 2. The minimum absolute atomic E-state index is 0.0945. The second-order valence-corrected chi connectivity index (χ2v) is 6.23. The maximum atomic E-state index is 12.4. The Morgan fingerprint density at radius 3 is 2.96 bits per heavy atom. The van der Waals surface area contributed by atoms with E-state index in [0.29, 0.717) is 24.7 Å². The van der Waals surface area contributed by atoms with E-state index in [9.17, 15) is 4.79 Å². The molecular formula is C18H19N3O3. The van der Waals surface area contributed by atoms with E-state index in [1.807, 2.05) is 13.8 Å². The Hall–Kier alpha value is -2.60. The Balaban J connectivity index is 1.58. The Labute approximate surface area is 139 Å². The molecule has 6 heteroatoms. The van der Waals surface area contributed by atoms with Gasteiger partial charge in [0, 0.05) is 19.5 Å². The molecule has 0 radical (unpaired) electrons. The van der Waals surface area contributed by atoms with E-state index >= 15 is 0 Å². The second kappa shape index (κ2) is 5.79. The van der Waals surface area contributed by atoms with Crippen LogP contribution in [0.3, 0.4) is 0 Å². The molecule has 0 amide bonds. The summed E-state index contributed by atoms with van der Waals surface area (Å²) in [6, 6.07) is 5.64. The molecule has 0 saturated carbocycles. The molecule has 3 aromatic rings. The molecule has 6 nitrogen and oxygen atoms in total. The number of nitrogens with zero attached hydrogens (tertiary/aromatic N) is 2. The van der Waals surface area contributed by atoms with Crippen LogP contribution in [0.4, 0.5) is 0 Å². The van der Waals surface area contributed by atoms with Crippen molar-refractivity contribution in [3.63, 3.8) is 0 Å². The second-order valence-electron chi connectivity index (χ2n) is 6.23. The first-order valence-electron chi connectivity index (χ1n) is 8.04. The van der Waals surface area contributed by atoms with Gasteiger partial charge in [0.05, 0.1) is 24.1 Å². The predicted octanol–water partition coefficient (Wildman–Crippen LogP) is 2.80. The third-order valence-corrected chi connectivity index (χ3v) is 4.50. The third kappa shape index (κ3) is 2.69. The molecule has 4 rings (SSSR count). The lowest BCUT2D eigenvalue weighted by atomic mass is 10.1. The van der Waals surface area contributed by atoms with Gasteiger partial charge in [0.2, 0.25) is 0 Å². The van der Waals surface area contributed by atoms with Gasteiger partial charge in [-0.2, -0.15) is 0 Å². The highest BCUT2D eigenvalue weighted by atomic mass is 16.3. The van der Waals surface area contributed by atoms with E-state index in [1.54, 1.807) is 18.4 Å². The molecular weight excluding hydrogens is 306 g/mol. The number of fused-ring (bicyclic) bond motifs is 1. The summed E-state index contributed by atoms with van der Waals surface area (Å²) < 4.78 is 11.1. The maximum Gasteiger partial charge on any atom is 0.256 e. The van der Waals surface area contributed by atoms with Crippen LogP contribution in [0.25, 0.3) is 11.6 Å². The number of furan rings is 2. The third-order valence-electron chi connectivity index (χ3n) is 4.50. The summed E-state index contributed by atoms with van der Waals surface area (Å²) in [4.78, 5) is 22.1. The summed E-state index contributed by atoms with van der Waals surface area (Å²) in [6.45, 7) is 6.13. The molecule has 0 aromatic carbocycles. The zero-order valence-corrected chi connectivity index (χ0v) is 13.8. The molecule has 0 atom stereocenters. The predicted molar refractivity (Wildman–Crippen MR) is 88.6 cm³/mol. The van der Waals surface area contributed by atoms with Crippen molar-refractivity contribution in [2.75, 3.05) is 6.54 Å². The zero-order chi connectivity index (χ0) is 16.7. The maximum absolute atomic E-state index is 12.4. The van der Waals surface area contributed by atoms with E-state index in [1.165, 1.54) is 0 Å². The quantitative estimate of drug-likeness (QED) is 0.801. The number of nitrogens with one attached hydrogen (secondary N) is 1. The van der Waals surface area contributed by atoms with Crippen LogP contribution in [0, 0.1) is 13.8 Å². The normalized spacial score (nSPS) is 14.8. The fraction of sp³-hybridized carbons (Fsp3) is 0.333. The number of rotatable bonds is 3. The highest BCUT2D eigenvalue weighted by Gasteiger charge is 2.23. The Morgan fingerprint density at radius 1 is 1.38 bits per heavy atom. The van der Waals surface area contributed by atoms with Gasteiger partial charge < -0.3 is 13.8 Å². The van der Waals surface area contributed by atoms with Crippen LogP contribution in [0.5, 0.6) is 0 Å². The van der Waals surface area contributed by atoms with Gasteiger partial charge in [-0.3, -0.25) is 9.69 Å². The van der Waals surface area contributed by atoms with Crippen LogP contribution >= 0.6 is 0 Å². The lowest BCUT2D eigenvalue weighted by Gasteiger charge is -2.26. The summed E-state index contributed by atoms with van der Waals surface area (Å²) in [5.74, 6) is 2.96. The van der Waals surface area contributed by atoms with Crippen LogP contribution in [0.1, 0.15) is 28.3 Å². The van der Waals surface area contributed by atoms with Gasteiger partial charge >= 0.3 is 0 Å². The van der Waals surface area contributed by atoms with E-state index in [2.05, 4.69) is 20.9 Å². The molecule has 0 unspecified atom stereocenters. The van der Waals surface area contributed by atoms with Crippen LogP contribution in [0.2, 0.25) is 0 Å². The summed E-state index contributed by atoms with van der Waals surface area (Å²) in [5, 5.41) is 0. The fourth-order valence-corrected chi connectivity index (χ4v) is 3.09. The molecule has 3 aromatic heterocycles. The summed E-state index contributed by atoms with van der Waals surface area (Å²) >= 11 is 0. The standard InChI is InChI=1S/C18H19N3O3/c1-11-8-13(24-12(11)2)9-21-6-5-15-14(10-21)18(22)20-17(19-15)16-4-3-7-23-16/h3-4,7-8H,5-6,9-10H2,1-2H3,(H,19,20,22). The molecule has 1 N–H and O–H groups in total. The summed E-state index contributed by atoms with van der Waals surface area (Å²) in [5.41, 5.74) is 2.65. The first kappa shape index (κ1) is 15.0. The summed E-state index contributed by atoms with van der Waals surface area (Å²) in [7, 11) is 0. The number of H-pyrrole nitrogens is 1. The largest absolute Gasteiger partial charge is 0.465 e. The molecule has 0 saturated heterocycles. The average Bonchev–Trinajstić information content (AvgIpc) is 3.19. The van der Waals surface area contributed by atoms with Crippen molar-refractivity contribution >= 4 is 0 Å². The van der Waals surface area contributed by atoms with Crippen LogP contribution in [-0.2, 0) is 19.5 Å². The van der Waals surface area contributed by atoms with Gasteiger partial charge in [-0.05, 0) is 37.6 Å². The monoisotopic (exact) mass is 325 g/mol. The van der Waals surface area contributed by atoms with E-state index < -0.39 is 0 Å². The molecule has 0 fully saturated rings. The number of hydrogen-bond acceptors (Lipinski definition) is 5. The number of aromatic amines is 1. The molecule has 124 valence electrons. The Bertz CT molecular complexity index is 902. The molecule has 0 bridgehead atoms. The van der Waals surface area contributed by atoms with Crippen molar-refractivity contribution in [3.05, 3.63) is 63.2 Å². The van der Waals surface area contributed by atoms with Crippen molar-refractivity contribution in [2.45, 2.75) is 33.4 Å². The highest BCUT2D eigenvalue weighted by Crippen LogP contribution is 2.21. The van der Waals surface area contributed by atoms with Crippen molar-refractivity contribution in [2.24, 2.45) is 0 Å². The van der Waals surface area contributed by atoms with Gasteiger partial charge in [0.15, 0.2) is 11.6 Å². The fourth-order valence-electron chi connectivity index (χ4n) is 3.09. The van der Waals surface area contributed by atoms with E-state index in [4.69, 9.17) is 8.83 Å². The van der Waals surface area contributed by atoms with E-state index in [0.717, 1.165) is 41.3 Å². The lowest BCUT2D eigenvalue weighted by molar-refractivity contribution is 0.221. The first-order valence-corrected chi connectivity index (χ1v) is 8.04. The van der Waals surface area contributed by atoms with Gasteiger partial charge in [0.1, 0.15) is 11.5 Å². The molecule has 4 heterocycles. The van der Waals surface area contributed by atoms with Crippen LogP contribution in [0.15, 0.2) is 38.1 Å². The zero-order valence-electron chi connectivity index (χ0n) is 13.8.